The summed E-state index contributed by atoms with van der Waals surface area (Å²) in [5, 5.41) is 2.29. The Kier molecular flexibility index (Phi) is 4.30. The van der Waals surface area contributed by atoms with E-state index in [0.717, 1.165) is 10.0 Å². The number of nitrogens with one attached hydrogen (secondary N) is 1. The predicted octanol–water partition coefficient (Wildman–Crippen LogP) is 2.06. The average Bonchev–Trinajstić information content (AvgIpc) is 2.64. The summed E-state index contributed by atoms with van der Waals surface area (Å²) >= 11 is 3.34. The SMILES string of the molecule is Cc1cc(Br)cc(C(=O)NCC2CCCS2(=O)=O)c1. The van der Waals surface area contributed by atoms with Gasteiger partial charge in [-0.25, -0.2) is 8.42 Å². The number of carbonyl (C=O) groups is 1. The predicted molar refractivity (Wildman–Crippen MR) is 78.0 cm³/mol. The first kappa shape index (κ1) is 14.5. The van der Waals surface area contributed by atoms with Gasteiger partial charge in [-0.15, -0.1) is 0 Å². The molecule has 1 amide bonds. The Labute approximate surface area is 121 Å². The topological polar surface area (TPSA) is 63.2 Å². The molecule has 0 aliphatic carbocycles. The third-order valence-corrected chi connectivity index (χ3v) is 5.99. The van der Waals surface area contributed by atoms with Crippen molar-refractivity contribution in [1.82, 2.24) is 5.32 Å². The highest BCUT2D eigenvalue weighted by Gasteiger charge is 2.31. The smallest absolute Gasteiger partial charge is 0.251 e. The summed E-state index contributed by atoms with van der Waals surface area (Å²) in [6.07, 6.45) is 1.33. The maximum atomic E-state index is 12.0. The van der Waals surface area contributed by atoms with Gasteiger partial charge in [0, 0.05) is 16.6 Å². The van der Waals surface area contributed by atoms with Crippen molar-refractivity contribution in [2.24, 2.45) is 0 Å². The second-order valence-corrected chi connectivity index (χ2v) is 8.17. The van der Waals surface area contributed by atoms with Crippen LogP contribution in [0.2, 0.25) is 0 Å². The molecule has 0 spiro atoms. The van der Waals surface area contributed by atoms with E-state index in [4.69, 9.17) is 0 Å². The van der Waals surface area contributed by atoms with E-state index in [0.29, 0.717) is 18.4 Å². The molecule has 6 heteroatoms. The summed E-state index contributed by atoms with van der Waals surface area (Å²) in [6, 6.07) is 5.42. The first-order valence-electron chi connectivity index (χ1n) is 6.15. The minimum atomic E-state index is -3.01. The molecule has 0 radical (unpaired) electrons. The van der Waals surface area contributed by atoms with E-state index < -0.39 is 15.1 Å². The monoisotopic (exact) mass is 345 g/mol. The van der Waals surface area contributed by atoms with Crippen LogP contribution >= 0.6 is 15.9 Å². The van der Waals surface area contributed by atoms with Crippen LogP contribution < -0.4 is 5.32 Å². The summed E-state index contributed by atoms with van der Waals surface area (Å²) in [5.41, 5.74) is 1.52. The molecule has 2 rings (SSSR count). The van der Waals surface area contributed by atoms with Crippen LogP contribution in [0.4, 0.5) is 0 Å². The minimum Gasteiger partial charge on any atom is -0.351 e. The number of rotatable bonds is 3. The molecule has 1 aliphatic rings. The Morgan fingerprint density at radius 1 is 1.42 bits per heavy atom. The molecule has 1 N–H and O–H groups in total. The van der Waals surface area contributed by atoms with Crippen LogP contribution in [0.1, 0.15) is 28.8 Å². The standard InChI is InChI=1S/C13H16BrNO3S/c1-9-5-10(7-11(14)6-9)13(16)15-8-12-3-2-4-19(12,17)18/h5-7,12H,2-4,8H2,1H3,(H,15,16). The fourth-order valence-corrected chi connectivity index (χ4v) is 4.64. The van der Waals surface area contributed by atoms with Crippen molar-refractivity contribution < 1.29 is 13.2 Å². The number of carbonyl (C=O) groups excluding carboxylic acids is 1. The Morgan fingerprint density at radius 2 is 2.16 bits per heavy atom. The molecule has 1 saturated heterocycles. The minimum absolute atomic E-state index is 0.201. The lowest BCUT2D eigenvalue weighted by atomic mass is 10.1. The summed E-state index contributed by atoms with van der Waals surface area (Å²) in [4.78, 5) is 12.0. The highest BCUT2D eigenvalue weighted by atomic mass is 79.9. The van der Waals surface area contributed by atoms with E-state index in [2.05, 4.69) is 21.2 Å². The molecule has 104 valence electrons. The number of aryl methyl sites for hydroxylation is 1. The number of amides is 1. The van der Waals surface area contributed by atoms with E-state index in [1.165, 1.54) is 0 Å². The fourth-order valence-electron chi connectivity index (χ4n) is 2.26. The van der Waals surface area contributed by atoms with Crippen LogP contribution in [-0.4, -0.2) is 31.9 Å². The molecule has 0 aromatic heterocycles. The number of hydrogen-bond acceptors (Lipinski definition) is 3. The van der Waals surface area contributed by atoms with E-state index in [1.54, 1.807) is 12.1 Å². The molecule has 1 aromatic carbocycles. The molecule has 1 atom stereocenters. The Bertz CT molecular complexity index is 578. The quantitative estimate of drug-likeness (QED) is 0.911. The van der Waals surface area contributed by atoms with E-state index >= 15 is 0 Å². The van der Waals surface area contributed by atoms with Crippen molar-refractivity contribution in [2.45, 2.75) is 25.0 Å². The van der Waals surface area contributed by atoms with Gasteiger partial charge in [0.05, 0.1) is 11.0 Å². The molecule has 1 aromatic rings. The molecule has 4 nitrogen and oxygen atoms in total. The van der Waals surface area contributed by atoms with Gasteiger partial charge >= 0.3 is 0 Å². The van der Waals surface area contributed by atoms with Gasteiger partial charge in [0.2, 0.25) is 0 Å². The van der Waals surface area contributed by atoms with Crippen molar-refractivity contribution in [1.29, 1.82) is 0 Å². The van der Waals surface area contributed by atoms with Crippen LogP contribution in [0, 0.1) is 6.92 Å². The van der Waals surface area contributed by atoms with Crippen molar-refractivity contribution in [2.75, 3.05) is 12.3 Å². The molecular formula is C13H16BrNO3S. The molecule has 19 heavy (non-hydrogen) atoms. The van der Waals surface area contributed by atoms with Crippen molar-refractivity contribution >= 4 is 31.7 Å². The Hall–Kier alpha value is -0.880. The van der Waals surface area contributed by atoms with Gasteiger partial charge in [-0.05, 0) is 43.5 Å². The van der Waals surface area contributed by atoms with Crippen LogP contribution in [0.5, 0.6) is 0 Å². The molecule has 0 saturated carbocycles. The van der Waals surface area contributed by atoms with Gasteiger partial charge in [-0.3, -0.25) is 4.79 Å². The molecule has 1 unspecified atom stereocenters. The van der Waals surface area contributed by atoms with Gasteiger partial charge in [0.25, 0.3) is 5.91 Å². The van der Waals surface area contributed by atoms with Crippen molar-refractivity contribution in [3.8, 4) is 0 Å². The first-order valence-corrected chi connectivity index (χ1v) is 8.66. The summed E-state index contributed by atoms with van der Waals surface area (Å²) in [7, 11) is -3.01. The summed E-state index contributed by atoms with van der Waals surface area (Å²) < 4.78 is 24.2. The zero-order valence-corrected chi connectivity index (χ0v) is 13.1. The summed E-state index contributed by atoms with van der Waals surface area (Å²) in [5.74, 6) is 0.00952. The fraction of sp³-hybridized carbons (Fsp3) is 0.462. The molecule has 1 heterocycles. The lowest BCUT2D eigenvalue weighted by molar-refractivity contribution is 0.0953. The average molecular weight is 346 g/mol. The van der Waals surface area contributed by atoms with Crippen LogP contribution in [0.3, 0.4) is 0 Å². The first-order chi connectivity index (χ1) is 8.88. The third kappa shape index (κ3) is 3.57. The van der Waals surface area contributed by atoms with E-state index in [1.807, 2.05) is 13.0 Å². The zero-order valence-electron chi connectivity index (χ0n) is 10.6. The maximum absolute atomic E-state index is 12.0. The number of hydrogen-bond donors (Lipinski definition) is 1. The van der Waals surface area contributed by atoms with Gasteiger partial charge in [-0.1, -0.05) is 15.9 Å². The molecule has 1 fully saturated rings. The van der Waals surface area contributed by atoms with Crippen LogP contribution in [0.25, 0.3) is 0 Å². The normalized spacial score (nSPS) is 21.3. The second kappa shape index (κ2) is 5.63. The second-order valence-electron chi connectivity index (χ2n) is 4.86. The lowest BCUT2D eigenvalue weighted by Gasteiger charge is -2.11. The highest BCUT2D eigenvalue weighted by Crippen LogP contribution is 2.19. The Balaban J connectivity index is 2.02. The van der Waals surface area contributed by atoms with Crippen LogP contribution in [0.15, 0.2) is 22.7 Å². The Morgan fingerprint density at radius 3 is 2.74 bits per heavy atom. The third-order valence-electron chi connectivity index (χ3n) is 3.26. The molecular weight excluding hydrogens is 330 g/mol. The zero-order chi connectivity index (χ0) is 14.0. The van der Waals surface area contributed by atoms with Crippen LogP contribution in [-0.2, 0) is 9.84 Å². The number of sulfone groups is 1. The van der Waals surface area contributed by atoms with E-state index in [-0.39, 0.29) is 18.2 Å². The van der Waals surface area contributed by atoms with Crippen molar-refractivity contribution in [3.05, 3.63) is 33.8 Å². The largest absolute Gasteiger partial charge is 0.351 e. The number of benzene rings is 1. The van der Waals surface area contributed by atoms with E-state index in [9.17, 15) is 13.2 Å². The summed E-state index contributed by atoms with van der Waals surface area (Å²) in [6.45, 7) is 2.11. The lowest BCUT2D eigenvalue weighted by Crippen LogP contribution is -2.34. The van der Waals surface area contributed by atoms with Gasteiger partial charge < -0.3 is 5.32 Å². The highest BCUT2D eigenvalue weighted by molar-refractivity contribution is 9.10. The van der Waals surface area contributed by atoms with Gasteiger partial charge in [-0.2, -0.15) is 0 Å². The molecule has 1 aliphatic heterocycles. The molecule has 0 bridgehead atoms. The van der Waals surface area contributed by atoms with Gasteiger partial charge in [0.1, 0.15) is 0 Å². The van der Waals surface area contributed by atoms with Gasteiger partial charge in [0.15, 0.2) is 9.84 Å². The number of halogens is 1. The maximum Gasteiger partial charge on any atom is 0.251 e. The van der Waals surface area contributed by atoms with Crippen molar-refractivity contribution in [3.63, 3.8) is 0 Å².